The van der Waals surface area contributed by atoms with Gasteiger partial charge in [0.1, 0.15) is 0 Å². The second-order valence-electron chi connectivity index (χ2n) is 6.94. The van der Waals surface area contributed by atoms with Crippen LogP contribution >= 0.6 is 0 Å². The van der Waals surface area contributed by atoms with E-state index in [-0.39, 0.29) is 11.9 Å². The summed E-state index contributed by atoms with van der Waals surface area (Å²) in [7, 11) is 1.62. The first kappa shape index (κ1) is 18.4. The number of nitrogens with zero attached hydrogens (tertiary/aromatic N) is 2. The van der Waals surface area contributed by atoms with E-state index in [9.17, 15) is 9.59 Å². The first-order valence-electron chi connectivity index (χ1n) is 9.13. The third-order valence-corrected chi connectivity index (χ3v) is 5.19. The Morgan fingerprint density at radius 3 is 2.14 bits per heavy atom. The van der Waals surface area contributed by atoms with Crippen molar-refractivity contribution in [1.82, 2.24) is 4.90 Å². The van der Waals surface area contributed by atoms with Crippen LogP contribution in [0.2, 0.25) is 0 Å². The maximum absolute atomic E-state index is 13.3. The molecule has 0 aliphatic carbocycles. The van der Waals surface area contributed by atoms with Gasteiger partial charge in [-0.1, -0.05) is 60.7 Å². The third-order valence-electron chi connectivity index (χ3n) is 5.19. The molecule has 6 heteroatoms. The predicted molar refractivity (Wildman–Crippen MR) is 112 cm³/mol. The van der Waals surface area contributed by atoms with Crippen molar-refractivity contribution in [3.8, 4) is 11.1 Å². The van der Waals surface area contributed by atoms with Crippen LogP contribution in [0.3, 0.4) is 0 Å². The second kappa shape index (κ2) is 6.91. The van der Waals surface area contributed by atoms with Gasteiger partial charge < -0.3 is 11.5 Å². The maximum Gasteiger partial charge on any atom is 0.266 e. The lowest BCUT2D eigenvalue weighted by Gasteiger charge is -2.26. The molecule has 0 fully saturated rings. The molecule has 0 saturated heterocycles. The minimum Gasteiger partial charge on any atom is -0.369 e. The number of hydrogen-bond acceptors (Lipinski definition) is 4. The van der Waals surface area contributed by atoms with Gasteiger partial charge in [0.15, 0.2) is 11.5 Å². The predicted octanol–water partition coefficient (Wildman–Crippen LogP) is 2.48. The minimum atomic E-state index is -1.25. The molecule has 0 bridgehead atoms. The van der Waals surface area contributed by atoms with E-state index in [2.05, 4.69) is 4.99 Å². The monoisotopic (exact) mass is 384 g/mol. The number of amides is 2. The smallest absolute Gasteiger partial charge is 0.266 e. The molecule has 29 heavy (non-hydrogen) atoms. The van der Waals surface area contributed by atoms with Gasteiger partial charge in [-0.3, -0.25) is 14.5 Å². The molecule has 1 atom stereocenters. The molecule has 3 aromatic carbocycles. The van der Waals surface area contributed by atoms with E-state index in [0.717, 1.165) is 16.7 Å². The molecule has 2 amide bonds. The van der Waals surface area contributed by atoms with Crippen LogP contribution in [0.1, 0.15) is 21.5 Å². The number of hydrogen-bond donors (Lipinski definition) is 2. The lowest BCUT2D eigenvalue weighted by molar-refractivity contribution is -0.129. The Hall–Kier alpha value is -3.93. The van der Waals surface area contributed by atoms with Gasteiger partial charge in [0, 0.05) is 12.6 Å². The summed E-state index contributed by atoms with van der Waals surface area (Å²) >= 11 is 0. The van der Waals surface area contributed by atoms with Gasteiger partial charge in [-0.15, -0.1) is 0 Å². The van der Waals surface area contributed by atoms with Gasteiger partial charge in [0.2, 0.25) is 5.91 Å². The summed E-state index contributed by atoms with van der Waals surface area (Å²) in [6.45, 7) is 0. The number of primary amides is 1. The molecule has 1 aliphatic heterocycles. The van der Waals surface area contributed by atoms with Crippen LogP contribution in [-0.4, -0.2) is 29.7 Å². The molecule has 0 saturated carbocycles. The zero-order valence-electron chi connectivity index (χ0n) is 15.9. The Kier molecular flexibility index (Phi) is 4.39. The average molecular weight is 384 g/mol. The maximum atomic E-state index is 13.3. The van der Waals surface area contributed by atoms with Crippen molar-refractivity contribution in [1.29, 1.82) is 0 Å². The molecule has 144 valence electrons. The Balaban J connectivity index is 1.91. The Bertz CT molecular complexity index is 1140. The normalized spacial score (nSPS) is 18.6. The summed E-state index contributed by atoms with van der Waals surface area (Å²) in [6.07, 6.45) is 0. The SMILES string of the molecule is CN1C(=O)C(c2ccccc2)(c2cccc(-c3cccc(C(N)=O)c3)c2)N=C1N. The van der Waals surface area contributed by atoms with Gasteiger partial charge >= 0.3 is 0 Å². The highest BCUT2D eigenvalue weighted by Gasteiger charge is 2.49. The lowest BCUT2D eigenvalue weighted by atomic mass is 9.81. The van der Waals surface area contributed by atoms with E-state index in [0.29, 0.717) is 11.1 Å². The first-order valence-corrected chi connectivity index (χ1v) is 9.13. The first-order chi connectivity index (χ1) is 13.9. The van der Waals surface area contributed by atoms with Crippen molar-refractivity contribution in [2.24, 2.45) is 16.5 Å². The van der Waals surface area contributed by atoms with Crippen LogP contribution in [0, 0.1) is 0 Å². The molecular formula is C23H20N4O2. The largest absolute Gasteiger partial charge is 0.369 e. The zero-order chi connectivity index (χ0) is 20.6. The van der Waals surface area contributed by atoms with Crippen LogP contribution in [-0.2, 0) is 10.3 Å². The second-order valence-corrected chi connectivity index (χ2v) is 6.94. The summed E-state index contributed by atoms with van der Waals surface area (Å²) in [4.78, 5) is 30.8. The Morgan fingerprint density at radius 1 is 0.897 bits per heavy atom. The van der Waals surface area contributed by atoms with Crippen LogP contribution in [0.4, 0.5) is 0 Å². The number of carbonyl (C=O) groups excluding carboxylic acids is 2. The summed E-state index contributed by atoms with van der Waals surface area (Å²) in [6, 6.07) is 24.0. The van der Waals surface area contributed by atoms with Gasteiger partial charge in [-0.05, 0) is 40.5 Å². The van der Waals surface area contributed by atoms with Crippen molar-refractivity contribution >= 4 is 17.8 Å². The number of likely N-dealkylation sites (N-methyl/N-ethyl adjacent to an activating group) is 1. The van der Waals surface area contributed by atoms with Crippen molar-refractivity contribution in [2.75, 3.05) is 7.05 Å². The number of rotatable bonds is 4. The molecule has 1 heterocycles. The van der Waals surface area contributed by atoms with E-state index in [4.69, 9.17) is 11.5 Å². The summed E-state index contributed by atoms with van der Waals surface area (Å²) < 4.78 is 0. The van der Waals surface area contributed by atoms with E-state index >= 15 is 0 Å². The molecule has 0 radical (unpaired) electrons. The lowest BCUT2D eigenvalue weighted by Crippen LogP contribution is -2.41. The molecule has 4 N–H and O–H groups in total. The fourth-order valence-electron chi connectivity index (χ4n) is 3.64. The number of carbonyl (C=O) groups is 2. The topological polar surface area (TPSA) is 102 Å². The summed E-state index contributed by atoms with van der Waals surface area (Å²) in [5.41, 5.74) is 13.7. The molecule has 0 spiro atoms. The van der Waals surface area contributed by atoms with Crippen molar-refractivity contribution in [3.05, 3.63) is 95.6 Å². The van der Waals surface area contributed by atoms with Crippen molar-refractivity contribution < 1.29 is 9.59 Å². The van der Waals surface area contributed by atoms with Crippen LogP contribution in [0.15, 0.2) is 83.9 Å². The van der Waals surface area contributed by atoms with E-state index < -0.39 is 11.4 Å². The zero-order valence-corrected chi connectivity index (χ0v) is 15.9. The number of nitrogens with two attached hydrogens (primary N) is 2. The number of aliphatic imine (C=N–C) groups is 1. The van der Waals surface area contributed by atoms with Gasteiger partial charge in [-0.2, -0.15) is 0 Å². The average Bonchev–Trinajstić information content (AvgIpc) is 2.99. The van der Waals surface area contributed by atoms with Crippen LogP contribution in [0.5, 0.6) is 0 Å². The molecule has 6 nitrogen and oxygen atoms in total. The van der Waals surface area contributed by atoms with Gasteiger partial charge in [-0.25, -0.2) is 4.99 Å². The Morgan fingerprint density at radius 2 is 1.52 bits per heavy atom. The fraction of sp³-hybridized carbons (Fsp3) is 0.0870. The number of guanidine groups is 1. The highest BCUT2D eigenvalue weighted by molar-refractivity contribution is 6.09. The minimum absolute atomic E-state index is 0.167. The quantitative estimate of drug-likeness (QED) is 0.722. The summed E-state index contributed by atoms with van der Waals surface area (Å²) in [5.74, 6) is -0.544. The van der Waals surface area contributed by atoms with E-state index in [1.165, 1.54) is 4.90 Å². The van der Waals surface area contributed by atoms with E-state index in [1.54, 1.807) is 25.2 Å². The summed E-state index contributed by atoms with van der Waals surface area (Å²) in [5, 5.41) is 0. The molecular weight excluding hydrogens is 364 g/mol. The van der Waals surface area contributed by atoms with E-state index in [1.807, 2.05) is 60.7 Å². The van der Waals surface area contributed by atoms with Crippen molar-refractivity contribution in [3.63, 3.8) is 0 Å². The highest BCUT2D eigenvalue weighted by atomic mass is 16.2. The van der Waals surface area contributed by atoms with Crippen LogP contribution in [0.25, 0.3) is 11.1 Å². The number of benzene rings is 3. The standard InChI is InChI=1S/C23H20N4O2/c1-27-21(29)23(26-22(27)25,18-10-3-2-4-11-18)19-12-6-8-16(14-19)15-7-5-9-17(13-15)20(24)28/h2-14H,1H3,(H2,24,28)(H2,25,26). The van der Waals surface area contributed by atoms with Gasteiger partial charge in [0.05, 0.1) is 0 Å². The van der Waals surface area contributed by atoms with Gasteiger partial charge in [0.25, 0.3) is 5.91 Å². The molecule has 0 aromatic heterocycles. The van der Waals surface area contributed by atoms with Crippen molar-refractivity contribution in [2.45, 2.75) is 5.54 Å². The Labute approximate surface area is 168 Å². The molecule has 4 rings (SSSR count). The highest BCUT2D eigenvalue weighted by Crippen LogP contribution is 2.40. The molecule has 3 aromatic rings. The fourth-order valence-corrected chi connectivity index (χ4v) is 3.64. The third kappa shape index (κ3) is 2.95. The van der Waals surface area contributed by atoms with Crippen LogP contribution < -0.4 is 11.5 Å². The molecule has 1 unspecified atom stereocenters. The molecule has 1 aliphatic rings.